The summed E-state index contributed by atoms with van der Waals surface area (Å²) in [6.07, 6.45) is 17.9. The molecule has 0 radical (unpaired) electrons. The Balaban J connectivity index is 2.51. The van der Waals surface area contributed by atoms with Crippen molar-refractivity contribution in [2.45, 2.75) is 43.6 Å². The molecule has 2 aliphatic rings. The minimum Gasteiger partial charge on any atom is -0.185 e. The fraction of sp³-hybridized carbons (Fsp3) is 0.524. The van der Waals surface area contributed by atoms with Crippen LogP contribution < -0.4 is 0 Å². The Hall–Kier alpha value is -1.36. The molecule has 0 amide bonds. The summed E-state index contributed by atoms with van der Waals surface area (Å²) in [6, 6.07) is 0. The Morgan fingerprint density at radius 2 is 1.20 bits per heavy atom. The van der Waals surface area contributed by atoms with E-state index >= 15 is 0 Å². The SMILES string of the molecule is CC(C)C1C=CC=CC1(CC1(SC#N)C=CC=CC1C(C)C)SC#N. The molecule has 0 heterocycles. The Labute approximate surface area is 160 Å². The van der Waals surface area contributed by atoms with Gasteiger partial charge in [-0.15, -0.1) is 0 Å². The highest BCUT2D eigenvalue weighted by Gasteiger charge is 2.49. The third-order valence-corrected chi connectivity index (χ3v) is 7.25. The van der Waals surface area contributed by atoms with Gasteiger partial charge in [0.2, 0.25) is 0 Å². The highest BCUT2D eigenvalue weighted by atomic mass is 32.2. The van der Waals surface area contributed by atoms with E-state index in [1.54, 1.807) is 0 Å². The van der Waals surface area contributed by atoms with Crippen LogP contribution in [0.2, 0.25) is 0 Å². The van der Waals surface area contributed by atoms with E-state index < -0.39 is 0 Å². The van der Waals surface area contributed by atoms with Crippen molar-refractivity contribution < 1.29 is 0 Å². The lowest BCUT2D eigenvalue weighted by Gasteiger charge is -2.47. The van der Waals surface area contributed by atoms with E-state index in [0.29, 0.717) is 11.8 Å². The zero-order chi connectivity index (χ0) is 18.5. The molecule has 0 fully saturated rings. The minimum atomic E-state index is -0.315. The Kier molecular flexibility index (Phi) is 6.66. The predicted octanol–water partition coefficient (Wildman–Crippen LogP) is 6.08. The largest absolute Gasteiger partial charge is 0.185 e. The molecule has 0 bridgehead atoms. The van der Waals surface area contributed by atoms with E-state index in [9.17, 15) is 10.5 Å². The molecule has 2 aliphatic carbocycles. The average molecular weight is 371 g/mol. The first-order valence-corrected chi connectivity index (χ1v) is 10.4. The van der Waals surface area contributed by atoms with Gasteiger partial charge in [0.05, 0.1) is 9.49 Å². The second-order valence-corrected chi connectivity index (χ2v) is 9.79. The molecule has 0 aromatic rings. The van der Waals surface area contributed by atoms with Crippen molar-refractivity contribution in [3.63, 3.8) is 0 Å². The molecule has 0 aromatic heterocycles. The molecule has 0 N–H and O–H groups in total. The van der Waals surface area contributed by atoms with Crippen LogP contribution in [0.4, 0.5) is 0 Å². The number of nitrogens with zero attached hydrogens (tertiary/aromatic N) is 2. The molecule has 2 rings (SSSR count). The summed E-state index contributed by atoms with van der Waals surface area (Å²) in [7, 11) is 0. The molecule has 2 nitrogen and oxygen atoms in total. The number of thiocyanates is 2. The lowest BCUT2D eigenvalue weighted by molar-refractivity contribution is 0.309. The molecule has 0 spiro atoms. The summed E-state index contributed by atoms with van der Waals surface area (Å²) < 4.78 is -0.631. The molecule has 132 valence electrons. The first kappa shape index (κ1) is 20.0. The van der Waals surface area contributed by atoms with E-state index in [1.165, 1.54) is 23.5 Å². The first-order valence-electron chi connectivity index (χ1n) is 8.77. The van der Waals surface area contributed by atoms with Crippen LogP contribution in [-0.4, -0.2) is 9.49 Å². The summed E-state index contributed by atoms with van der Waals surface area (Å²) in [4.78, 5) is 0. The summed E-state index contributed by atoms with van der Waals surface area (Å²) in [5, 5.41) is 23.8. The maximum atomic E-state index is 9.55. The van der Waals surface area contributed by atoms with Crippen LogP contribution in [0.5, 0.6) is 0 Å². The number of thioether (sulfide) groups is 2. The number of nitriles is 2. The fourth-order valence-corrected chi connectivity index (χ4v) is 6.48. The van der Waals surface area contributed by atoms with Crippen molar-refractivity contribution >= 4 is 23.5 Å². The number of hydrogen-bond donors (Lipinski definition) is 0. The van der Waals surface area contributed by atoms with E-state index in [4.69, 9.17) is 0 Å². The standard InChI is InChI=1S/C21H26N2S2/c1-16(2)18-9-5-7-11-20(18,24-14-22)13-21(25-15-23)12-8-6-10-19(21)17(3)4/h5-12,16-19H,13H2,1-4H3. The van der Waals surface area contributed by atoms with Gasteiger partial charge in [-0.3, -0.25) is 0 Å². The van der Waals surface area contributed by atoms with Gasteiger partial charge in [-0.1, -0.05) is 76.3 Å². The van der Waals surface area contributed by atoms with E-state index in [1.807, 2.05) is 0 Å². The molecule has 4 heteroatoms. The number of allylic oxidation sites excluding steroid dienone is 6. The first-order chi connectivity index (χ1) is 11.9. The van der Waals surface area contributed by atoms with Gasteiger partial charge >= 0.3 is 0 Å². The van der Waals surface area contributed by atoms with Crippen molar-refractivity contribution in [1.82, 2.24) is 0 Å². The minimum absolute atomic E-state index is 0.269. The van der Waals surface area contributed by atoms with Gasteiger partial charge in [-0.05, 0) is 53.6 Å². The zero-order valence-corrected chi connectivity index (χ0v) is 17.0. The smallest absolute Gasteiger partial charge is 0.134 e. The van der Waals surface area contributed by atoms with Crippen molar-refractivity contribution in [2.24, 2.45) is 23.7 Å². The van der Waals surface area contributed by atoms with E-state index in [-0.39, 0.29) is 21.3 Å². The van der Waals surface area contributed by atoms with Crippen LogP contribution >= 0.6 is 23.5 Å². The average Bonchev–Trinajstić information content (AvgIpc) is 2.55. The maximum Gasteiger partial charge on any atom is 0.134 e. The van der Waals surface area contributed by atoms with Crippen LogP contribution in [0, 0.1) is 45.0 Å². The molecule has 4 atom stereocenters. The highest BCUT2D eigenvalue weighted by Crippen LogP contribution is 2.54. The van der Waals surface area contributed by atoms with Crippen LogP contribution in [0.25, 0.3) is 0 Å². The van der Waals surface area contributed by atoms with Crippen LogP contribution in [0.3, 0.4) is 0 Å². The summed E-state index contributed by atoms with van der Waals surface area (Å²) in [6.45, 7) is 8.84. The number of hydrogen-bond acceptors (Lipinski definition) is 4. The second kappa shape index (κ2) is 8.35. The van der Waals surface area contributed by atoms with Crippen molar-refractivity contribution in [3.05, 3.63) is 48.6 Å². The molecule has 0 aliphatic heterocycles. The summed E-state index contributed by atoms with van der Waals surface area (Å²) >= 11 is 2.71. The molecule has 0 saturated carbocycles. The molecular formula is C21H26N2S2. The molecular weight excluding hydrogens is 344 g/mol. The quantitative estimate of drug-likeness (QED) is 0.532. The Bertz CT molecular complexity index is 617. The third-order valence-electron chi connectivity index (χ3n) is 5.20. The van der Waals surface area contributed by atoms with Crippen molar-refractivity contribution in [3.8, 4) is 10.8 Å². The van der Waals surface area contributed by atoms with E-state index in [0.717, 1.165) is 6.42 Å². The molecule has 25 heavy (non-hydrogen) atoms. The topological polar surface area (TPSA) is 47.6 Å². The van der Waals surface area contributed by atoms with Gasteiger partial charge in [-0.25, -0.2) is 0 Å². The van der Waals surface area contributed by atoms with Gasteiger partial charge in [0, 0.05) is 0 Å². The summed E-state index contributed by atoms with van der Waals surface area (Å²) in [5.74, 6) is 1.38. The van der Waals surface area contributed by atoms with Crippen LogP contribution in [-0.2, 0) is 0 Å². The molecule has 0 aromatic carbocycles. The summed E-state index contributed by atoms with van der Waals surface area (Å²) in [5.41, 5.74) is 0. The van der Waals surface area contributed by atoms with E-state index in [2.05, 4.69) is 87.1 Å². The van der Waals surface area contributed by atoms with Crippen molar-refractivity contribution in [2.75, 3.05) is 0 Å². The van der Waals surface area contributed by atoms with Gasteiger partial charge in [0.1, 0.15) is 10.8 Å². The highest BCUT2D eigenvalue weighted by molar-refractivity contribution is 8.06. The van der Waals surface area contributed by atoms with Gasteiger partial charge in [0.15, 0.2) is 0 Å². The second-order valence-electron chi connectivity index (χ2n) is 7.50. The fourth-order valence-electron chi connectivity index (χ4n) is 4.16. The monoisotopic (exact) mass is 370 g/mol. The number of rotatable bonds is 6. The maximum absolute atomic E-state index is 9.55. The molecule has 0 saturated heterocycles. The Morgan fingerprint density at radius 3 is 1.52 bits per heavy atom. The molecule has 4 unspecified atom stereocenters. The Morgan fingerprint density at radius 1 is 0.800 bits per heavy atom. The normalized spacial score (nSPS) is 33.6. The predicted molar refractivity (Wildman–Crippen MR) is 110 cm³/mol. The van der Waals surface area contributed by atoms with Crippen molar-refractivity contribution in [1.29, 1.82) is 10.5 Å². The van der Waals surface area contributed by atoms with Gasteiger partial charge in [-0.2, -0.15) is 10.5 Å². The zero-order valence-electron chi connectivity index (χ0n) is 15.3. The van der Waals surface area contributed by atoms with Gasteiger partial charge in [0.25, 0.3) is 0 Å². The lowest BCUT2D eigenvalue weighted by atomic mass is 9.69. The third kappa shape index (κ3) is 4.08. The lowest BCUT2D eigenvalue weighted by Crippen LogP contribution is -2.46. The van der Waals surface area contributed by atoms with Gasteiger partial charge < -0.3 is 0 Å². The van der Waals surface area contributed by atoms with Crippen LogP contribution in [0.1, 0.15) is 34.1 Å². The van der Waals surface area contributed by atoms with Crippen LogP contribution in [0.15, 0.2) is 48.6 Å².